The van der Waals surface area contributed by atoms with Crippen LogP contribution in [0.15, 0.2) is 12.3 Å². The Balaban J connectivity index is 1.78. The number of hydrogen-bond donors (Lipinski definition) is 2. The summed E-state index contributed by atoms with van der Waals surface area (Å²) in [5.74, 6) is 1.85. The summed E-state index contributed by atoms with van der Waals surface area (Å²) in [5, 5.41) is 3.48. The molecule has 5 nitrogen and oxygen atoms in total. The van der Waals surface area contributed by atoms with Gasteiger partial charge in [0.1, 0.15) is 5.82 Å². The van der Waals surface area contributed by atoms with Crippen LogP contribution < -0.4 is 11.1 Å². The van der Waals surface area contributed by atoms with Gasteiger partial charge in [-0.2, -0.15) is 0 Å². The van der Waals surface area contributed by atoms with Gasteiger partial charge in [0.2, 0.25) is 0 Å². The fourth-order valence-electron chi connectivity index (χ4n) is 2.53. The predicted molar refractivity (Wildman–Crippen MR) is 72.8 cm³/mol. The van der Waals surface area contributed by atoms with Gasteiger partial charge >= 0.3 is 5.97 Å². The number of hydrogen-bond acceptors (Lipinski definition) is 5. The maximum atomic E-state index is 11.6. The van der Waals surface area contributed by atoms with Crippen molar-refractivity contribution in [3.05, 3.63) is 17.8 Å². The van der Waals surface area contributed by atoms with Crippen LogP contribution in [0.1, 0.15) is 36.0 Å². The number of aromatic nitrogens is 1. The summed E-state index contributed by atoms with van der Waals surface area (Å²) in [6.45, 7) is 0. The molecule has 2 aliphatic rings. The van der Waals surface area contributed by atoms with E-state index in [1.807, 2.05) is 0 Å². The Kier molecular flexibility index (Phi) is 3.05. The maximum Gasteiger partial charge on any atom is 0.340 e. The largest absolute Gasteiger partial charge is 0.465 e. The van der Waals surface area contributed by atoms with Crippen LogP contribution in [-0.4, -0.2) is 24.1 Å². The quantitative estimate of drug-likeness (QED) is 0.793. The van der Waals surface area contributed by atoms with Gasteiger partial charge in [-0.3, -0.25) is 0 Å². The van der Waals surface area contributed by atoms with E-state index in [1.165, 1.54) is 39.0 Å². The van der Waals surface area contributed by atoms with Gasteiger partial charge in [-0.1, -0.05) is 0 Å². The molecule has 0 saturated heterocycles. The fraction of sp³-hybridized carbons (Fsp3) is 0.571. The van der Waals surface area contributed by atoms with E-state index in [0.29, 0.717) is 17.3 Å². The zero-order valence-electron chi connectivity index (χ0n) is 11.1. The number of esters is 1. The van der Waals surface area contributed by atoms with Crippen molar-refractivity contribution >= 4 is 17.5 Å². The number of carbonyl (C=O) groups is 1. The SMILES string of the molecule is COC(=O)c1cc(NC(C2CC2)C2CC2)ncc1N. The summed E-state index contributed by atoms with van der Waals surface area (Å²) in [4.78, 5) is 15.9. The van der Waals surface area contributed by atoms with Crippen molar-refractivity contribution in [1.29, 1.82) is 0 Å². The van der Waals surface area contributed by atoms with Crippen LogP contribution in [0.3, 0.4) is 0 Å². The van der Waals surface area contributed by atoms with Crippen molar-refractivity contribution in [3.63, 3.8) is 0 Å². The average Bonchev–Trinajstić information content (AvgIpc) is 3.29. The van der Waals surface area contributed by atoms with Crippen LogP contribution in [-0.2, 0) is 4.74 Å². The molecule has 2 aliphatic carbocycles. The first-order valence-corrected chi connectivity index (χ1v) is 6.79. The number of nitrogen functional groups attached to an aromatic ring is 1. The highest BCUT2D eigenvalue weighted by molar-refractivity contribution is 5.95. The van der Waals surface area contributed by atoms with Crippen LogP contribution in [0, 0.1) is 11.8 Å². The molecule has 3 N–H and O–H groups in total. The topological polar surface area (TPSA) is 77.2 Å². The van der Waals surface area contributed by atoms with E-state index in [1.54, 1.807) is 6.07 Å². The summed E-state index contributed by atoms with van der Waals surface area (Å²) in [6, 6.07) is 2.19. The minimum absolute atomic E-state index is 0.354. The van der Waals surface area contributed by atoms with Crippen LogP contribution in [0.5, 0.6) is 0 Å². The molecule has 1 aromatic heterocycles. The van der Waals surface area contributed by atoms with E-state index < -0.39 is 5.97 Å². The summed E-state index contributed by atoms with van der Waals surface area (Å²) in [7, 11) is 1.35. The molecule has 0 unspecified atom stereocenters. The van der Waals surface area contributed by atoms with Crippen LogP contribution in [0.4, 0.5) is 11.5 Å². The second-order valence-electron chi connectivity index (χ2n) is 5.49. The highest BCUT2D eigenvalue weighted by Gasteiger charge is 2.41. The van der Waals surface area contributed by atoms with Crippen LogP contribution in [0.2, 0.25) is 0 Å². The molecule has 1 aromatic rings. The first-order valence-electron chi connectivity index (χ1n) is 6.79. The second kappa shape index (κ2) is 4.72. The number of pyridine rings is 1. The monoisotopic (exact) mass is 261 g/mol. The zero-order chi connectivity index (χ0) is 13.4. The molecule has 0 aliphatic heterocycles. The normalized spacial score (nSPS) is 18.4. The Morgan fingerprint density at radius 1 is 1.42 bits per heavy atom. The minimum Gasteiger partial charge on any atom is -0.465 e. The van der Waals surface area contributed by atoms with Gasteiger partial charge in [-0.05, 0) is 43.6 Å². The molecule has 0 radical (unpaired) electrons. The summed E-state index contributed by atoms with van der Waals surface area (Å²) >= 11 is 0. The number of methoxy groups -OCH3 is 1. The van der Waals surface area contributed by atoms with Gasteiger partial charge in [-0.15, -0.1) is 0 Å². The van der Waals surface area contributed by atoms with Crippen molar-refractivity contribution < 1.29 is 9.53 Å². The molecule has 1 heterocycles. The summed E-state index contributed by atoms with van der Waals surface area (Å²) in [6.07, 6.45) is 6.71. The molecule has 19 heavy (non-hydrogen) atoms. The standard InChI is InChI=1S/C14H19N3O2/c1-19-14(18)10-6-12(16-7-11(10)15)17-13(8-2-3-8)9-4-5-9/h6-9,13H,2-5,15H2,1H3,(H,16,17). The molecule has 0 bridgehead atoms. The number of rotatable bonds is 5. The lowest BCUT2D eigenvalue weighted by molar-refractivity contribution is 0.0602. The number of ether oxygens (including phenoxy) is 1. The highest BCUT2D eigenvalue weighted by Crippen LogP contribution is 2.45. The van der Waals surface area contributed by atoms with Gasteiger partial charge in [0.25, 0.3) is 0 Å². The lowest BCUT2D eigenvalue weighted by Crippen LogP contribution is -2.25. The van der Waals surface area contributed by atoms with E-state index in [2.05, 4.69) is 10.3 Å². The number of nitrogens with two attached hydrogens (primary N) is 1. The van der Waals surface area contributed by atoms with Crippen molar-refractivity contribution in [2.45, 2.75) is 31.7 Å². The molecule has 0 amide bonds. The zero-order valence-corrected chi connectivity index (χ0v) is 11.1. The molecule has 102 valence electrons. The summed E-state index contributed by atoms with van der Waals surface area (Å²) in [5.41, 5.74) is 6.48. The van der Waals surface area contributed by atoms with Crippen molar-refractivity contribution in [2.24, 2.45) is 11.8 Å². The number of anilines is 2. The minimum atomic E-state index is -0.419. The second-order valence-corrected chi connectivity index (χ2v) is 5.49. The smallest absolute Gasteiger partial charge is 0.340 e. The van der Waals surface area contributed by atoms with Crippen LogP contribution >= 0.6 is 0 Å². The number of carbonyl (C=O) groups excluding carboxylic acids is 1. The molecule has 5 heteroatoms. The Bertz CT molecular complexity index is 483. The Morgan fingerprint density at radius 3 is 2.58 bits per heavy atom. The van der Waals surface area contributed by atoms with Crippen molar-refractivity contribution in [2.75, 3.05) is 18.2 Å². The first-order chi connectivity index (χ1) is 9.19. The molecule has 2 fully saturated rings. The Hall–Kier alpha value is -1.78. The molecule has 2 saturated carbocycles. The lowest BCUT2D eigenvalue weighted by Gasteiger charge is -2.18. The van der Waals surface area contributed by atoms with E-state index in [0.717, 1.165) is 17.7 Å². The molecular weight excluding hydrogens is 242 g/mol. The summed E-state index contributed by atoms with van der Waals surface area (Å²) < 4.78 is 4.72. The third-order valence-corrected chi connectivity index (χ3v) is 3.91. The fourth-order valence-corrected chi connectivity index (χ4v) is 2.53. The van der Waals surface area contributed by atoms with E-state index in [9.17, 15) is 4.79 Å². The predicted octanol–water partition coefficient (Wildman–Crippen LogP) is 2.05. The van der Waals surface area contributed by atoms with Crippen LogP contribution in [0.25, 0.3) is 0 Å². The van der Waals surface area contributed by atoms with Crippen molar-refractivity contribution in [1.82, 2.24) is 4.98 Å². The Labute approximate surface area is 112 Å². The average molecular weight is 261 g/mol. The molecular formula is C14H19N3O2. The number of nitrogens with zero attached hydrogens (tertiary/aromatic N) is 1. The van der Waals surface area contributed by atoms with Gasteiger partial charge in [-0.25, -0.2) is 9.78 Å². The Morgan fingerprint density at radius 2 is 2.05 bits per heavy atom. The van der Waals surface area contributed by atoms with E-state index in [4.69, 9.17) is 10.5 Å². The molecule has 0 atom stereocenters. The van der Waals surface area contributed by atoms with Gasteiger partial charge < -0.3 is 15.8 Å². The third kappa shape index (κ3) is 2.64. The maximum absolute atomic E-state index is 11.6. The van der Waals surface area contributed by atoms with E-state index in [-0.39, 0.29) is 0 Å². The van der Waals surface area contributed by atoms with Gasteiger partial charge in [0.15, 0.2) is 0 Å². The molecule has 3 rings (SSSR count). The first kappa shape index (κ1) is 12.3. The van der Waals surface area contributed by atoms with Gasteiger partial charge in [0, 0.05) is 6.04 Å². The lowest BCUT2D eigenvalue weighted by atomic mass is 10.1. The van der Waals surface area contributed by atoms with Gasteiger partial charge in [0.05, 0.1) is 24.6 Å². The van der Waals surface area contributed by atoms with Crippen molar-refractivity contribution in [3.8, 4) is 0 Å². The highest BCUT2D eigenvalue weighted by atomic mass is 16.5. The molecule has 0 aromatic carbocycles. The molecule has 0 spiro atoms. The number of nitrogens with one attached hydrogen (secondary N) is 1. The third-order valence-electron chi connectivity index (χ3n) is 3.91. The van der Waals surface area contributed by atoms with E-state index >= 15 is 0 Å².